The minimum absolute atomic E-state index is 0.545. The third-order valence-electron chi connectivity index (χ3n) is 2.20. The monoisotopic (exact) mass is 275 g/mol. The zero-order valence-corrected chi connectivity index (χ0v) is 11.3. The van der Waals surface area contributed by atoms with E-state index >= 15 is 0 Å². The van der Waals surface area contributed by atoms with Gasteiger partial charge in [0.25, 0.3) is 0 Å². The predicted molar refractivity (Wildman–Crippen MR) is 65.5 cm³/mol. The van der Waals surface area contributed by atoms with Crippen molar-refractivity contribution < 1.29 is 9.05 Å². The fourth-order valence-corrected chi connectivity index (χ4v) is 4.56. The van der Waals surface area contributed by atoms with Gasteiger partial charge in [-0.25, -0.2) is 0 Å². The summed E-state index contributed by atoms with van der Waals surface area (Å²) in [6, 6.07) is 0. The van der Waals surface area contributed by atoms with Crippen molar-refractivity contribution in [2.24, 2.45) is 0 Å². The highest BCUT2D eigenvalue weighted by Crippen LogP contribution is 2.61. The fraction of sp³-hybridized carbons (Fsp3) is 1.00. The largest absolute Gasteiger partial charge is 0.433 e. The highest BCUT2D eigenvalue weighted by Gasteiger charge is 2.51. The third-order valence-corrected chi connectivity index (χ3v) is 5.35. The van der Waals surface area contributed by atoms with E-state index in [9.17, 15) is 0 Å². The average Bonchev–Trinajstić information content (AvgIpc) is 2.29. The standard InChI is InChI=1S/C8H18Cl2N2O2P/c1-13-15(11-5-3-9)12(7-4-10)6-2-8-14-15/h11H,2-8H2,1H3/q+1. The smallest absolute Gasteiger partial charge is 0.176 e. The van der Waals surface area contributed by atoms with Crippen molar-refractivity contribution in [2.75, 3.05) is 45.1 Å². The van der Waals surface area contributed by atoms with Crippen LogP contribution in [0.25, 0.3) is 0 Å². The molecule has 1 unspecified atom stereocenters. The Hall–Kier alpha value is 0.850. The van der Waals surface area contributed by atoms with E-state index < -0.39 is 8.02 Å². The number of hydrogen-bond acceptors (Lipinski definition) is 4. The van der Waals surface area contributed by atoms with Crippen LogP contribution in [0.15, 0.2) is 0 Å². The Labute approximate surface area is 102 Å². The minimum atomic E-state index is -2.10. The van der Waals surface area contributed by atoms with E-state index in [2.05, 4.69) is 9.76 Å². The van der Waals surface area contributed by atoms with E-state index in [-0.39, 0.29) is 0 Å². The maximum absolute atomic E-state index is 5.77. The molecule has 1 aliphatic rings. The van der Waals surface area contributed by atoms with E-state index in [1.165, 1.54) is 0 Å². The third kappa shape index (κ3) is 3.67. The molecule has 1 rings (SSSR count). The lowest BCUT2D eigenvalue weighted by molar-refractivity contribution is 0.160. The number of hydrogen-bond donors (Lipinski definition) is 1. The van der Waals surface area contributed by atoms with E-state index in [1.807, 2.05) is 0 Å². The summed E-state index contributed by atoms with van der Waals surface area (Å²) in [6.45, 7) is 3.15. The van der Waals surface area contributed by atoms with Crippen molar-refractivity contribution in [3.8, 4) is 0 Å². The molecule has 90 valence electrons. The van der Waals surface area contributed by atoms with Crippen LogP contribution in [0.5, 0.6) is 0 Å². The zero-order valence-electron chi connectivity index (χ0n) is 8.92. The van der Waals surface area contributed by atoms with Gasteiger partial charge in [0.05, 0.1) is 26.8 Å². The topological polar surface area (TPSA) is 33.7 Å². The Bertz CT molecular complexity index is 188. The predicted octanol–water partition coefficient (Wildman–Crippen LogP) is 2.10. The molecule has 4 nitrogen and oxygen atoms in total. The first-order valence-corrected chi connectivity index (χ1v) is 7.65. The van der Waals surface area contributed by atoms with Crippen LogP contribution in [0.1, 0.15) is 6.42 Å². The van der Waals surface area contributed by atoms with Crippen molar-refractivity contribution in [3.05, 3.63) is 0 Å². The van der Waals surface area contributed by atoms with Crippen LogP contribution in [0.4, 0.5) is 0 Å². The van der Waals surface area contributed by atoms with Gasteiger partial charge in [-0.2, -0.15) is 9.05 Å². The van der Waals surface area contributed by atoms with Gasteiger partial charge in [0.1, 0.15) is 0 Å². The fourth-order valence-electron chi connectivity index (χ4n) is 1.55. The molecule has 1 aliphatic heterocycles. The molecule has 7 heteroatoms. The molecule has 1 atom stereocenters. The summed E-state index contributed by atoms with van der Waals surface area (Å²) in [4.78, 5) is 0. The molecule has 1 fully saturated rings. The highest BCUT2D eigenvalue weighted by atomic mass is 35.5. The summed E-state index contributed by atoms with van der Waals surface area (Å²) < 4.78 is 13.5. The van der Waals surface area contributed by atoms with Crippen molar-refractivity contribution in [3.63, 3.8) is 0 Å². The molecule has 0 aromatic rings. The summed E-state index contributed by atoms with van der Waals surface area (Å²) in [5.74, 6) is 1.13. The quantitative estimate of drug-likeness (QED) is 0.595. The SMILES string of the molecule is CO[P+]1(NCCCl)OCCCN1CCCl. The Morgan fingerprint density at radius 3 is 2.87 bits per heavy atom. The van der Waals surface area contributed by atoms with E-state index in [0.29, 0.717) is 18.3 Å². The average molecular weight is 276 g/mol. The van der Waals surface area contributed by atoms with E-state index in [4.69, 9.17) is 32.2 Å². The molecule has 1 N–H and O–H groups in total. The van der Waals surface area contributed by atoms with Crippen LogP contribution in [0.3, 0.4) is 0 Å². The second-order valence-electron chi connectivity index (χ2n) is 3.13. The van der Waals surface area contributed by atoms with Crippen molar-refractivity contribution in [1.29, 1.82) is 0 Å². The van der Waals surface area contributed by atoms with Crippen molar-refractivity contribution in [1.82, 2.24) is 9.76 Å². The lowest BCUT2D eigenvalue weighted by Crippen LogP contribution is -2.41. The van der Waals surface area contributed by atoms with Gasteiger partial charge in [-0.15, -0.1) is 33.0 Å². The molecule has 1 saturated heterocycles. The Kier molecular flexibility index (Phi) is 6.71. The molecule has 0 spiro atoms. The van der Waals surface area contributed by atoms with Gasteiger partial charge in [-0.1, -0.05) is 0 Å². The molecule has 0 radical (unpaired) electrons. The Morgan fingerprint density at radius 2 is 2.27 bits per heavy atom. The van der Waals surface area contributed by atoms with Crippen LogP contribution in [-0.4, -0.2) is 49.8 Å². The first-order valence-electron chi connectivity index (χ1n) is 5.01. The van der Waals surface area contributed by atoms with Crippen LogP contribution < -0.4 is 5.09 Å². The Morgan fingerprint density at radius 1 is 1.47 bits per heavy atom. The van der Waals surface area contributed by atoms with Gasteiger partial charge in [-0.3, -0.25) is 0 Å². The van der Waals surface area contributed by atoms with Crippen molar-refractivity contribution in [2.45, 2.75) is 6.42 Å². The summed E-state index contributed by atoms with van der Waals surface area (Å²) in [5, 5.41) is 3.27. The van der Waals surface area contributed by atoms with Gasteiger partial charge in [0, 0.05) is 18.3 Å². The Balaban J connectivity index is 2.61. The maximum Gasteiger partial charge on any atom is 0.433 e. The summed E-state index contributed by atoms with van der Waals surface area (Å²) in [5.41, 5.74) is 0. The second kappa shape index (κ2) is 7.23. The summed E-state index contributed by atoms with van der Waals surface area (Å²) in [6.07, 6.45) is 1.02. The van der Waals surface area contributed by atoms with E-state index in [0.717, 1.165) is 26.1 Å². The van der Waals surface area contributed by atoms with Gasteiger partial charge in [0.2, 0.25) is 0 Å². The summed E-state index contributed by atoms with van der Waals surface area (Å²) >= 11 is 11.4. The molecule has 0 aromatic heterocycles. The molecule has 0 saturated carbocycles. The van der Waals surface area contributed by atoms with E-state index in [1.54, 1.807) is 7.11 Å². The lowest BCUT2D eigenvalue weighted by atomic mass is 10.4. The van der Waals surface area contributed by atoms with Crippen molar-refractivity contribution >= 4 is 31.2 Å². The molecule has 0 aliphatic carbocycles. The first kappa shape index (κ1) is 13.9. The van der Waals surface area contributed by atoms with Gasteiger partial charge >= 0.3 is 8.02 Å². The molecular formula is C8H18Cl2N2O2P+. The highest BCUT2D eigenvalue weighted by molar-refractivity contribution is 7.62. The molecule has 0 amide bonds. The van der Waals surface area contributed by atoms with Crippen LogP contribution >= 0.6 is 31.2 Å². The van der Waals surface area contributed by atoms with Crippen LogP contribution in [0, 0.1) is 0 Å². The van der Waals surface area contributed by atoms with Gasteiger partial charge in [0.15, 0.2) is 0 Å². The minimum Gasteiger partial charge on any atom is -0.176 e. The van der Waals surface area contributed by atoms with Crippen LogP contribution in [0.2, 0.25) is 0 Å². The normalized spacial score (nSPS) is 28.2. The molecular weight excluding hydrogens is 258 g/mol. The second-order valence-corrected chi connectivity index (χ2v) is 6.43. The van der Waals surface area contributed by atoms with Crippen LogP contribution in [-0.2, 0) is 9.05 Å². The number of nitrogens with one attached hydrogen (secondary N) is 1. The first-order chi connectivity index (χ1) is 7.29. The number of alkyl halides is 2. The maximum atomic E-state index is 5.77. The molecule has 1 heterocycles. The molecule has 15 heavy (non-hydrogen) atoms. The number of rotatable bonds is 6. The van der Waals surface area contributed by atoms with Gasteiger partial charge in [-0.05, 0) is 6.42 Å². The lowest BCUT2D eigenvalue weighted by Gasteiger charge is -2.34. The number of halogens is 2. The summed E-state index contributed by atoms with van der Waals surface area (Å²) in [7, 11) is -0.432. The van der Waals surface area contributed by atoms with Gasteiger partial charge < -0.3 is 0 Å². The molecule has 0 bridgehead atoms. The number of nitrogens with zero attached hydrogens (tertiary/aromatic N) is 1. The molecule has 0 aromatic carbocycles. The zero-order chi connectivity index (χ0) is 11.1.